The number of nitrogens with zero attached hydrogens (tertiary/aromatic N) is 2. The maximum atomic E-state index is 14.8. The van der Waals surface area contributed by atoms with E-state index in [2.05, 4.69) is 19.4 Å². The van der Waals surface area contributed by atoms with Gasteiger partial charge in [-0.3, -0.25) is 0 Å². The van der Waals surface area contributed by atoms with Crippen molar-refractivity contribution in [3.05, 3.63) is 60.7 Å². The highest BCUT2D eigenvalue weighted by atomic mass is 32.2. The zero-order chi connectivity index (χ0) is 25.1. The first-order valence-corrected chi connectivity index (χ1v) is 11.1. The Balaban J connectivity index is 1.84. The lowest BCUT2D eigenvalue weighted by Gasteiger charge is -2.17. The third-order valence-electron chi connectivity index (χ3n) is 4.54. The molecule has 180 valence electrons. The van der Waals surface area contributed by atoms with E-state index in [0.717, 1.165) is 13.0 Å². The topological polar surface area (TPSA) is 124 Å². The molecule has 13 heteroatoms. The number of hydrogen-bond donors (Lipinski definition) is 2. The van der Waals surface area contributed by atoms with Crippen molar-refractivity contribution in [2.45, 2.75) is 24.1 Å². The molecule has 1 atom stereocenters. The average molecular weight is 498 g/mol. The quantitative estimate of drug-likeness (QED) is 0.378. The van der Waals surface area contributed by atoms with E-state index in [4.69, 9.17) is 5.73 Å². The molecule has 34 heavy (non-hydrogen) atoms. The molecule has 0 saturated carbocycles. The number of nitrogens with one attached hydrogen (secondary N) is 1. The predicted octanol–water partition coefficient (Wildman–Crippen LogP) is 3.30. The van der Waals surface area contributed by atoms with Gasteiger partial charge in [-0.1, -0.05) is 30.3 Å². The van der Waals surface area contributed by atoms with Crippen LogP contribution in [0.5, 0.6) is 0 Å². The van der Waals surface area contributed by atoms with Crippen LogP contribution in [0.2, 0.25) is 0 Å². The number of sulfonamides is 1. The number of nitrogens with two attached hydrogens (primary N) is 1. The van der Waals surface area contributed by atoms with Crippen molar-refractivity contribution in [1.29, 1.82) is 0 Å². The molecule has 1 heterocycles. The Hall–Kier alpha value is -3.58. The molecular formula is C21H18F4N4O4S. The van der Waals surface area contributed by atoms with Crippen molar-refractivity contribution in [3.8, 4) is 22.3 Å². The van der Waals surface area contributed by atoms with E-state index in [9.17, 15) is 30.8 Å². The lowest BCUT2D eigenvalue weighted by atomic mass is 10.0. The fraction of sp³-hybridized carbons (Fsp3) is 0.190. The van der Waals surface area contributed by atoms with Crippen LogP contribution in [0, 0.1) is 5.82 Å². The van der Waals surface area contributed by atoms with E-state index in [1.54, 1.807) is 6.07 Å². The molecule has 0 radical (unpaired) electrons. The zero-order valence-electron chi connectivity index (χ0n) is 17.5. The Morgan fingerprint density at radius 3 is 2.35 bits per heavy atom. The summed E-state index contributed by atoms with van der Waals surface area (Å²) in [6.45, 7) is 0.496. The van der Waals surface area contributed by atoms with Crippen LogP contribution in [-0.4, -0.2) is 43.2 Å². The van der Waals surface area contributed by atoms with Gasteiger partial charge in [0.05, 0.1) is 4.90 Å². The first-order valence-electron chi connectivity index (χ1n) is 9.63. The molecule has 8 nitrogen and oxygen atoms in total. The number of aromatic nitrogens is 2. The molecular weight excluding hydrogens is 480 g/mol. The van der Waals surface area contributed by atoms with Crippen LogP contribution in [0.15, 0.2) is 59.8 Å². The van der Waals surface area contributed by atoms with Gasteiger partial charge >= 0.3 is 12.1 Å². The number of alkyl halides is 3. The van der Waals surface area contributed by atoms with Crippen LogP contribution in [0.4, 0.5) is 23.5 Å². The average Bonchev–Trinajstić information content (AvgIpc) is 2.78. The highest BCUT2D eigenvalue weighted by molar-refractivity contribution is 7.89. The fourth-order valence-corrected chi connectivity index (χ4v) is 4.27. The van der Waals surface area contributed by atoms with Gasteiger partial charge in [0.1, 0.15) is 11.9 Å². The monoisotopic (exact) mass is 498 g/mol. The molecule has 0 saturated heterocycles. The number of halogens is 4. The maximum Gasteiger partial charge on any atom is 0.490 e. The molecule has 0 aliphatic rings. The summed E-state index contributed by atoms with van der Waals surface area (Å²) in [4.78, 5) is 18.3. The highest BCUT2D eigenvalue weighted by Crippen LogP contribution is 2.31. The molecule has 3 N–H and O–H groups in total. The molecule has 3 rings (SSSR count). The van der Waals surface area contributed by atoms with Crippen LogP contribution in [0.3, 0.4) is 0 Å². The summed E-state index contributed by atoms with van der Waals surface area (Å²) in [6, 6.07) is 9.73. The van der Waals surface area contributed by atoms with E-state index in [-0.39, 0.29) is 27.5 Å². The molecule has 1 aromatic heterocycles. The Bertz CT molecular complexity index is 1300. The highest BCUT2D eigenvalue weighted by Gasteiger charge is 2.41. The molecule has 0 amide bonds. The van der Waals surface area contributed by atoms with Gasteiger partial charge in [0.15, 0.2) is 0 Å². The van der Waals surface area contributed by atoms with Gasteiger partial charge < -0.3 is 10.5 Å². The normalized spacial score (nSPS) is 12.9. The molecule has 2 aromatic carbocycles. The number of nitrogen functional groups attached to an aromatic ring is 1. The minimum absolute atomic E-state index is 0.0231. The van der Waals surface area contributed by atoms with Crippen LogP contribution >= 0.6 is 0 Å². The number of carbonyl (C=O) groups excluding carboxylic acids is 1. The number of carbonyl (C=O) groups is 1. The number of ether oxygens (including phenoxy) is 1. The third-order valence-corrected chi connectivity index (χ3v) is 6.02. The van der Waals surface area contributed by atoms with Gasteiger partial charge in [-0.15, -0.1) is 0 Å². The molecule has 0 aliphatic heterocycles. The Labute approximate surface area is 191 Å². The molecule has 3 aromatic rings. The number of hydrogen-bond acceptors (Lipinski definition) is 7. The standard InChI is InChI=1S/C21H18F4N4O4S/c1-12(33-19(30)21(23,24)25)9-29-34(31,32)18-5-3-2-4-16(18)13-6-7-15(17(22)8-13)14-10-27-20(26)28-11-14/h2-8,10-12,29H,9H2,1H3,(H2,26,27,28)/t12-/m0/s1. The number of esters is 1. The SMILES string of the molecule is C[C@@H](CNS(=O)(=O)c1ccccc1-c1ccc(-c2cnc(N)nc2)c(F)c1)OC(=O)C(F)(F)F. The summed E-state index contributed by atoms with van der Waals surface area (Å²) in [5.41, 5.74) is 6.34. The summed E-state index contributed by atoms with van der Waals surface area (Å²) in [7, 11) is -4.26. The van der Waals surface area contributed by atoms with Crippen molar-refractivity contribution in [1.82, 2.24) is 14.7 Å². The summed E-state index contributed by atoms with van der Waals surface area (Å²) in [5.74, 6) is -3.07. The van der Waals surface area contributed by atoms with Crippen molar-refractivity contribution in [2.75, 3.05) is 12.3 Å². The number of rotatable bonds is 7. The van der Waals surface area contributed by atoms with Crippen molar-refractivity contribution < 1.29 is 35.5 Å². The van der Waals surface area contributed by atoms with Gasteiger partial charge in [0.2, 0.25) is 16.0 Å². The van der Waals surface area contributed by atoms with Crippen LogP contribution in [-0.2, 0) is 19.6 Å². The van der Waals surface area contributed by atoms with Crippen molar-refractivity contribution >= 4 is 21.9 Å². The number of benzene rings is 2. The van der Waals surface area contributed by atoms with E-state index < -0.39 is 40.6 Å². The lowest BCUT2D eigenvalue weighted by molar-refractivity contribution is -0.203. The fourth-order valence-electron chi connectivity index (χ4n) is 2.93. The third kappa shape index (κ3) is 5.85. The molecule has 0 aliphatic carbocycles. The summed E-state index contributed by atoms with van der Waals surface area (Å²) >= 11 is 0. The predicted molar refractivity (Wildman–Crippen MR) is 114 cm³/mol. The van der Waals surface area contributed by atoms with Gasteiger partial charge in [-0.25, -0.2) is 32.3 Å². The van der Waals surface area contributed by atoms with E-state index in [1.165, 1.54) is 42.7 Å². The summed E-state index contributed by atoms with van der Waals surface area (Å²) < 4.78 is 83.7. The van der Waals surface area contributed by atoms with Crippen LogP contribution in [0.25, 0.3) is 22.3 Å². The minimum atomic E-state index is -5.20. The van der Waals surface area contributed by atoms with Gasteiger partial charge in [-0.05, 0) is 24.6 Å². The van der Waals surface area contributed by atoms with Crippen LogP contribution in [0.1, 0.15) is 6.92 Å². The molecule has 0 bridgehead atoms. The summed E-state index contributed by atoms with van der Waals surface area (Å²) in [6.07, 6.45) is -3.91. The van der Waals surface area contributed by atoms with Gasteiger partial charge in [-0.2, -0.15) is 13.2 Å². The lowest BCUT2D eigenvalue weighted by Crippen LogP contribution is -2.36. The first kappa shape index (κ1) is 25.1. The number of anilines is 1. The molecule has 0 unspecified atom stereocenters. The van der Waals surface area contributed by atoms with Crippen LogP contribution < -0.4 is 10.5 Å². The second-order valence-corrected chi connectivity index (χ2v) is 8.82. The second-order valence-electron chi connectivity index (χ2n) is 7.09. The molecule has 0 spiro atoms. The van der Waals surface area contributed by atoms with Crippen molar-refractivity contribution in [3.63, 3.8) is 0 Å². The smallest absolute Gasteiger partial charge is 0.455 e. The first-order chi connectivity index (χ1) is 15.9. The van der Waals surface area contributed by atoms with Gasteiger partial charge in [0, 0.05) is 35.6 Å². The zero-order valence-corrected chi connectivity index (χ0v) is 18.3. The Morgan fingerprint density at radius 1 is 1.09 bits per heavy atom. The largest absolute Gasteiger partial charge is 0.490 e. The molecule has 0 fully saturated rings. The van der Waals surface area contributed by atoms with E-state index in [0.29, 0.717) is 5.56 Å². The maximum absolute atomic E-state index is 14.8. The Kier molecular flexibility index (Phi) is 7.17. The van der Waals surface area contributed by atoms with Crippen molar-refractivity contribution in [2.24, 2.45) is 0 Å². The van der Waals surface area contributed by atoms with E-state index >= 15 is 0 Å². The minimum Gasteiger partial charge on any atom is -0.455 e. The second kappa shape index (κ2) is 9.73. The summed E-state index contributed by atoms with van der Waals surface area (Å²) in [5, 5.41) is 0. The van der Waals surface area contributed by atoms with E-state index in [1.807, 2.05) is 0 Å². The Morgan fingerprint density at radius 2 is 1.74 bits per heavy atom. The van der Waals surface area contributed by atoms with Gasteiger partial charge in [0.25, 0.3) is 0 Å².